The number of rotatable bonds is 8. The number of alkyl halides is 3. The van der Waals surface area contributed by atoms with E-state index in [1.54, 1.807) is 24.3 Å². The second kappa shape index (κ2) is 11.5. The first-order chi connectivity index (χ1) is 18.5. The van der Waals surface area contributed by atoms with Gasteiger partial charge in [0.25, 0.3) is 0 Å². The predicted molar refractivity (Wildman–Crippen MR) is 141 cm³/mol. The van der Waals surface area contributed by atoms with Crippen molar-refractivity contribution >= 4 is 29.3 Å². The number of nitriles is 1. The van der Waals surface area contributed by atoms with Gasteiger partial charge in [0.1, 0.15) is 18.1 Å². The van der Waals surface area contributed by atoms with Gasteiger partial charge in [-0.15, -0.1) is 0 Å². The molecule has 0 aliphatic carbocycles. The highest BCUT2D eigenvalue weighted by molar-refractivity contribution is 6.07. The fraction of sp³-hybridized carbons (Fsp3) is 0.607. The molecule has 0 saturated carbocycles. The van der Waals surface area contributed by atoms with Crippen LogP contribution in [0.1, 0.15) is 65.4 Å². The van der Waals surface area contributed by atoms with Gasteiger partial charge >= 0.3 is 6.18 Å². The number of hydrogen-bond acceptors (Lipinski definition) is 5. The smallest absolute Gasteiger partial charge is 0.345 e. The van der Waals surface area contributed by atoms with E-state index in [9.17, 15) is 37.6 Å². The molecule has 1 saturated heterocycles. The van der Waals surface area contributed by atoms with Crippen LogP contribution in [0.15, 0.2) is 24.3 Å². The maximum absolute atomic E-state index is 14.0. The Balaban J connectivity index is 1.80. The third-order valence-electron chi connectivity index (χ3n) is 7.43. The average Bonchev–Trinajstić information content (AvgIpc) is 3.38. The zero-order valence-corrected chi connectivity index (χ0v) is 23.4. The monoisotopic (exact) mass is 563 g/mol. The summed E-state index contributed by atoms with van der Waals surface area (Å²) in [6, 6.07) is 6.28. The van der Waals surface area contributed by atoms with Gasteiger partial charge in [0.05, 0.1) is 11.5 Å². The molecule has 0 unspecified atom stereocenters. The van der Waals surface area contributed by atoms with Crippen LogP contribution >= 0.6 is 0 Å². The lowest BCUT2D eigenvalue weighted by Gasteiger charge is -2.36. The Labute approximate surface area is 232 Å². The number of hydrogen-bond donors (Lipinski definition) is 2. The van der Waals surface area contributed by atoms with Crippen LogP contribution in [-0.4, -0.2) is 71.3 Å². The summed E-state index contributed by atoms with van der Waals surface area (Å²) >= 11 is 0. The highest BCUT2D eigenvalue weighted by Crippen LogP contribution is 2.46. The molecule has 1 spiro atoms. The zero-order valence-electron chi connectivity index (χ0n) is 23.4. The summed E-state index contributed by atoms with van der Waals surface area (Å²) in [6.45, 7) is 7.06. The highest BCUT2D eigenvalue weighted by atomic mass is 19.4. The number of amides is 4. The van der Waals surface area contributed by atoms with Crippen LogP contribution in [0.3, 0.4) is 0 Å². The summed E-state index contributed by atoms with van der Waals surface area (Å²) in [5.41, 5.74) is -0.152. The molecule has 0 radical (unpaired) electrons. The van der Waals surface area contributed by atoms with Crippen LogP contribution in [0, 0.1) is 16.7 Å². The molecule has 2 aliphatic rings. The molecule has 1 aromatic carbocycles. The Bertz CT molecular complexity index is 1210. The molecule has 9 nitrogen and oxygen atoms in total. The van der Waals surface area contributed by atoms with Gasteiger partial charge in [0, 0.05) is 38.5 Å². The Morgan fingerprint density at radius 2 is 1.90 bits per heavy atom. The van der Waals surface area contributed by atoms with Gasteiger partial charge in [-0.05, 0) is 36.8 Å². The van der Waals surface area contributed by atoms with Crippen molar-refractivity contribution in [2.45, 2.75) is 89.5 Å². The number of likely N-dealkylation sites (tertiary alicyclic amines) is 1. The second-order valence-electron chi connectivity index (χ2n) is 11.9. The van der Waals surface area contributed by atoms with E-state index in [1.807, 2.05) is 20.8 Å². The minimum atomic E-state index is -4.38. The van der Waals surface area contributed by atoms with Gasteiger partial charge in [0.2, 0.25) is 23.6 Å². The summed E-state index contributed by atoms with van der Waals surface area (Å²) in [6.07, 6.45) is -5.94. The van der Waals surface area contributed by atoms with Crippen LogP contribution in [0.25, 0.3) is 0 Å². The minimum Gasteiger partial charge on any atom is -0.345 e. The number of carbonyl (C=O) groups is 4. The molecule has 3 rings (SSSR count). The number of benzene rings is 1. The molecule has 2 heterocycles. The normalized spacial score (nSPS) is 21.8. The van der Waals surface area contributed by atoms with E-state index < -0.39 is 72.1 Å². The molecule has 2 aliphatic heterocycles. The lowest BCUT2D eigenvalue weighted by Crippen LogP contribution is -2.56. The number of carbonyl (C=O) groups excluding carboxylic acids is 4. The number of nitrogens with zero attached hydrogens (tertiary/aromatic N) is 3. The van der Waals surface area contributed by atoms with E-state index >= 15 is 0 Å². The number of likely N-dealkylation sites (N-methyl/N-ethyl adjacent to an activating group) is 1. The van der Waals surface area contributed by atoms with Crippen molar-refractivity contribution < 1.29 is 32.3 Å². The Hall–Kier alpha value is -3.62. The van der Waals surface area contributed by atoms with Gasteiger partial charge in [-0.25, -0.2) is 0 Å². The number of anilines is 1. The van der Waals surface area contributed by atoms with Crippen molar-refractivity contribution in [3.63, 3.8) is 0 Å². The molecule has 4 atom stereocenters. The summed E-state index contributed by atoms with van der Waals surface area (Å²) < 4.78 is 37.2. The maximum atomic E-state index is 14.0. The SMILES string of the molecule is C[C@H](NC(=O)CCCC(F)(F)F)C(=O)N(C)[C@@H](CC(C)(C)C)C(=O)N1C[C@]2(C[C@H]1C#N)C(=O)Nc1ccccc12. The topological polar surface area (TPSA) is 123 Å². The van der Waals surface area contributed by atoms with Gasteiger partial charge in [0.15, 0.2) is 0 Å². The molecule has 2 N–H and O–H groups in total. The first-order valence-electron chi connectivity index (χ1n) is 13.2. The van der Waals surface area contributed by atoms with Gasteiger partial charge in [-0.3, -0.25) is 19.2 Å². The number of nitrogens with one attached hydrogen (secondary N) is 2. The Morgan fingerprint density at radius 3 is 2.50 bits per heavy atom. The minimum absolute atomic E-state index is 0.0267. The molecule has 1 aromatic rings. The molecular formula is C28H36F3N5O4. The van der Waals surface area contributed by atoms with E-state index in [0.717, 1.165) is 0 Å². The van der Waals surface area contributed by atoms with Crippen molar-refractivity contribution in [2.24, 2.45) is 5.41 Å². The second-order valence-corrected chi connectivity index (χ2v) is 11.9. The lowest BCUT2D eigenvalue weighted by atomic mass is 9.80. The first kappa shape index (κ1) is 30.9. The van der Waals surface area contributed by atoms with Crippen LogP contribution in [0.5, 0.6) is 0 Å². The zero-order chi connectivity index (χ0) is 30.0. The number of para-hydroxylation sites is 1. The van der Waals surface area contributed by atoms with Gasteiger partial charge < -0.3 is 20.4 Å². The van der Waals surface area contributed by atoms with E-state index in [4.69, 9.17) is 0 Å². The Kier molecular flexibility index (Phi) is 8.87. The van der Waals surface area contributed by atoms with Crippen molar-refractivity contribution in [1.29, 1.82) is 5.26 Å². The van der Waals surface area contributed by atoms with E-state index in [-0.39, 0.29) is 25.3 Å². The highest BCUT2D eigenvalue weighted by Gasteiger charge is 2.57. The summed E-state index contributed by atoms with van der Waals surface area (Å²) in [7, 11) is 1.42. The van der Waals surface area contributed by atoms with Crippen LogP contribution in [-0.2, 0) is 24.6 Å². The van der Waals surface area contributed by atoms with Crippen molar-refractivity contribution in [3.05, 3.63) is 29.8 Å². The van der Waals surface area contributed by atoms with Crippen molar-refractivity contribution in [3.8, 4) is 6.07 Å². The molecule has 12 heteroatoms. The number of halogens is 3. The van der Waals surface area contributed by atoms with E-state index in [1.165, 1.54) is 23.8 Å². The van der Waals surface area contributed by atoms with E-state index in [2.05, 4.69) is 16.7 Å². The quantitative estimate of drug-likeness (QED) is 0.501. The van der Waals surface area contributed by atoms with Crippen molar-refractivity contribution in [1.82, 2.24) is 15.1 Å². The van der Waals surface area contributed by atoms with Gasteiger partial charge in [-0.2, -0.15) is 18.4 Å². The van der Waals surface area contributed by atoms with Crippen molar-refractivity contribution in [2.75, 3.05) is 18.9 Å². The van der Waals surface area contributed by atoms with Crippen LogP contribution in [0.2, 0.25) is 0 Å². The molecule has 4 amide bonds. The molecule has 1 fully saturated rings. The molecule has 218 valence electrons. The standard InChI is InChI=1S/C28H36F3N5O4/c1-17(33-22(37)11-8-12-28(29,30)31)23(38)35(5)21(14-26(2,3)4)24(39)36-16-27(13-18(36)15-32)19-9-6-7-10-20(19)34-25(27)40/h6-7,9-10,17-18,21H,8,11-14,16H2,1-5H3,(H,33,37)(H,34,40)/t17-,18-,21-,27-/m0/s1. The molecule has 0 aromatic heterocycles. The third kappa shape index (κ3) is 6.74. The first-order valence-corrected chi connectivity index (χ1v) is 13.2. The largest absolute Gasteiger partial charge is 0.389 e. The average molecular weight is 564 g/mol. The fourth-order valence-corrected chi connectivity index (χ4v) is 5.43. The predicted octanol–water partition coefficient (Wildman–Crippen LogP) is 3.50. The van der Waals surface area contributed by atoms with Crippen LogP contribution < -0.4 is 10.6 Å². The third-order valence-corrected chi connectivity index (χ3v) is 7.43. The summed E-state index contributed by atoms with van der Waals surface area (Å²) in [5, 5.41) is 15.2. The van der Waals surface area contributed by atoms with Crippen LogP contribution in [0.4, 0.5) is 18.9 Å². The number of fused-ring (bicyclic) bond motifs is 2. The molecular weight excluding hydrogens is 527 g/mol. The Morgan fingerprint density at radius 1 is 1.25 bits per heavy atom. The van der Waals surface area contributed by atoms with E-state index in [0.29, 0.717) is 11.3 Å². The maximum Gasteiger partial charge on any atom is 0.389 e. The lowest BCUT2D eigenvalue weighted by molar-refractivity contribution is -0.147. The van der Waals surface area contributed by atoms with Gasteiger partial charge in [-0.1, -0.05) is 39.0 Å². The fourth-order valence-electron chi connectivity index (χ4n) is 5.43. The molecule has 40 heavy (non-hydrogen) atoms. The molecule has 0 bridgehead atoms. The summed E-state index contributed by atoms with van der Waals surface area (Å²) in [4.78, 5) is 55.2. The summed E-state index contributed by atoms with van der Waals surface area (Å²) in [5.74, 6) is -2.08.